The minimum atomic E-state index is -0.304. The molecule has 1 N–H and O–H groups in total. The average molecular weight is 358 g/mol. The quantitative estimate of drug-likeness (QED) is 0.725. The molecule has 1 aliphatic rings. The van der Waals surface area contributed by atoms with E-state index in [-0.39, 0.29) is 18.1 Å². The highest BCUT2D eigenvalue weighted by atomic mass is 32.1. The van der Waals surface area contributed by atoms with Gasteiger partial charge >= 0.3 is 0 Å². The number of oxazole rings is 1. The molecule has 0 unspecified atom stereocenters. The number of amides is 1. The number of nitrogens with zero attached hydrogens (tertiary/aromatic N) is 3. The molecule has 0 saturated heterocycles. The summed E-state index contributed by atoms with van der Waals surface area (Å²) in [5.41, 5.74) is 0.742. The first-order valence-electron chi connectivity index (χ1n) is 8.01. The van der Waals surface area contributed by atoms with Gasteiger partial charge in [0.1, 0.15) is 10.8 Å². The van der Waals surface area contributed by atoms with Gasteiger partial charge in [0, 0.05) is 24.3 Å². The van der Waals surface area contributed by atoms with Gasteiger partial charge in [0.2, 0.25) is 11.0 Å². The third-order valence-corrected chi connectivity index (χ3v) is 4.86. The molecule has 1 aromatic carbocycles. The Morgan fingerprint density at radius 1 is 1.28 bits per heavy atom. The van der Waals surface area contributed by atoms with Crippen molar-refractivity contribution in [3.8, 4) is 11.3 Å². The predicted octanol–water partition coefficient (Wildman–Crippen LogP) is 3.78. The fraction of sp³-hybridized carbons (Fsp3) is 0.294. The summed E-state index contributed by atoms with van der Waals surface area (Å²) in [4.78, 5) is 16.2. The van der Waals surface area contributed by atoms with Crippen molar-refractivity contribution >= 4 is 22.4 Å². The van der Waals surface area contributed by atoms with Gasteiger partial charge in [-0.15, -0.1) is 10.2 Å². The zero-order valence-electron chi connectivity index (χ0n) is 13.2. The lowest BCUT2D eigenvalue weighted by Crippen LogP contribution is -2.12. The van der Waals surface area contributed by atoms with E-state index in [1.165, 1.54) is 23.5 Å². The molecular weight excluding hydrogens is 343 g/mol. The number of halogens is 1. The summed E-state index contributed by atoms with van der Waals surface area (Å²) in [6.07, 6.45) is 4.50. The number of carbonyl (C=O) groups excluding carboxylic acids is 1. The number of rotatable bonds is 6. The molecular formula is C17H15FN4O2S. The van der Waals surface area contributed by atoms with Crippen LogP contribution in [0.2, 0.25) is 0 Å². The number of aromatic nitrogens is 3. The Hall–Kier alpha value is -2.61. The second kappa shape index (κ2) is 6.72. The number of hydrogen-bond donors (Lipinski definition) is 1. The van der Waals surface area contributed by atoms with E-state index >= 15 is 0 Å². The van der Waals surface area contributed by atoms with Gasteiger partial charge in [-0.2, -0.15) is 0 Å². The molecule has 0 bridgehead atoms. The number of anilines is 1. The maximum atomic E-state index is 12.9. The summed E-state index contributed by atoms with van der Waals surface area (Å²) < 4.78 is 18.6. The van der Waals surface area contributed by atoms with E-state index in [2.05, 4.69) is 20.5 Å². The smallest absolute Gasteiger partial charge is 0.226 e. The minimum absolute atomic E-state index is 0.153. The van der Waals surface area contributed by atoms with Crippen molar-refractivity contribution in [1.82, 2.24) is 15.2 Å². The number of nitrogens with one attached hydrogen (secondary N) is 1. The standard InChI is InChI=1S/C17H15FN4O2S/c18-12-5-3-10(4-6-12)13-9-19-15(24-13)8-7-14(23)20-17-22-21-16(25-17)11-1-2-11/h3-6,9,11H,1-2,7-8H2,(H,20,22,23). The van der Waals surface area contributed by atoms with Gasteiger partial charge in [0.15, 0.2) is 11.7 Å². The topological polar surface area (TPSA) is 80.9 Å². The lowest BCUT2D eigenvalue weighted by molar-refractivity contribution is -0.116. The minimum Gasteiger partial charge on any atom is -0.441 e. The van der Waals surface area contributed by atoms with Gasteiger partial charge in [-0.1, -0.05) is 11.3 Å². The molecule has 2 aromatic heterocycles. The number of aryl methyl sites for hydroxylation is 1. The maximum Gasteiger partial charge on any atom is 0.226 e. The Kier molecular flexibility index (Phi) is 4.27. The number of carbonyl (C=O) groups is 1. The molecule has 6 nitrogen and oxygen atoms in total. The van der Waals surface area contributed by atoms with Crippen LogP contribution in [0.25, 0.3) is 11.3 Å². The van der Waals surface area contributed by atoms with E-state index in [0.29, 0.717) is 29.1 Å². The second-order valence-electron chi connectivity index (χ2n) is 5.89. The van der Waals surface area contributed by atoms with Crippen molar-refractivity contribution in [3.05, 3.63) is 47.2 Å². The number of hydrogen-bond acceptors (Lipinski definition) is 6. The summed E-state index contributed by atoms with van der Waals surface area (Å²) in [7, 11) is 0. The van der Waals surface area contributed by atoms with Crippen LogP contribution in [0, 0.1) is 5.82 Å². The van der Waals surface area contributed by atoms with Gasteiger partial charge in [0.05, 0.1) is 6.20 Å². The van der Waals surface area contributed by atoms with Gasteiger partial charge in [-0.3, -0.25) is 4.79 Å². The molecule has 1 aliphatic carbocycles. The van der Waals surface area contributed by atoms with Crippen molar-refractivity contribution in [1.29, 1.82) is 0 Å². The highest BCUT2D eigenvalue weighted by molar-refractivity contribution is 7.15. The van der Waals surface area contributed by atoms with Crippen LogP contribution in [0.4, 0.5) is 9.52 Å². The van der Waals surface area contributed by atoms with E-state index in [1.807, 2.05) is 0 Å². The van der Waals surface area contributed by atoms with Crippen molar-refractivity contribution in [2.75, 3.05) is 5.32 Å². The third-order valence-electron chi connectivity index (χ3n) is 3.86. The van der Waals surface area contributed by atoms with Crippen LogP contribution in [0.1, 0.15) is 36.1 Å². The molecule has 0 aliphatic heterocycles. The fourth-order valence-corrected chi connectivity index (χ4v) is 3.28. The molecule has 128 valence electrons. The monoisotopic (exact) mass is 358 g/mol. The average Bonchev–Trinajstić information content (AvgIpc) is 3.17. The van der Waals surface area contributed by atoms with E-state index in [4.69, 9.17) is 4.42 Å². The van der Waals surface area contributed by atoms with Crippen molar-refractivity contribution in [3.63, 3.8) is 0 Å². The molecule has 0 radical (unpaired) electrons. The molecule has 1 saturated carbocycles. The highest BCUT2D eigenvalue weighted by Gasteiger charge is 2.27. The zero-order valence-corrected chi connectivity index (χ0v) is 14.1. The third kappa shape index (κ3) is 3.90. The zero-order chi connectivity index (χ0) is 17.2. The van der Waals surface area contributed by atoms with Gasteiger partial charge in [-0.25, -0.2) is 9.37 Å². The largest absolute Gasteiger partial charge is 0.441 e. The first-order chi connectivity index (χ1) is 12.2. The molecule has 2 heterocycles. The normalized spacial score (nSPS) is 13.8. The first-order valence-corrected chi connectivity index (χ1v) is 8.83. The van der Waals surface area contributed by atoms with E-state index in [0.717, 1.165) is 23.4 Å². The SMILES string of the molecule is O=C(CCc1ncc(-c2ccc(F)cc2)o1)Nc1nnc(C2CC2)s1. The van der Waals surface area contributed by atoms with Crippen LogP contribution >= 0.6 is 11.3 Å². The van der Waals surface area contributed by atoms with Gasteiger partial charge < -0.3 is 9.73 Å². The Labute approximate surface area is 147 Å². The van der Waals surface area contributed by atoms with Gasteiger partial charge in [-0.05, 0) is 37.1 Å². The Morgan fingerprint density at radius 3 is 2.84 bits per heavy atom. The van der Waals surface area contributed by atoms with Crippen LogP contribution in [-0.4, -0.2) is 21.1 Å². The molecule has 3 aromatic rings. The Bertz CT molecular complexity index is 886. The lowest BCUT2D eigenvalue weighted by Gasteiger charge is -1.99. The summed E-state index contributed by atoms with van der Waals surface area (Å²) in [5.74, 6) is 1.08. The van der Waals surface area contributed by atoms with E-state index in [9.17, 15) is 9.18 Å². The molecule has 0 spiro atoms. The van der Waals surface area contributed by atoms with Crippen LogP contribution in [0.15, 0.2) is 34.9 Å². The predicted molar refractivity (Wildman–Crippen MR) is 90.7 cm³/mol. The molecule has 1 fully saturated rings. The van der Waals surface area contributed by atoms with Crippen LogP contribution in [-0.2, 0) is 11.2 Å². The molecule has 4 rings (SSSR count). The maximum absolute atomic E-state index is 12.9. The Morgan fingerprint density at radius 2 is 2.08 bits per heavy atom. The molecule has 8 heteroatoms. The van der Waals surface area contributed by atoms with Crippen molar-refractivity contribution in [2.24, 2.45) is 0 Å². The van der Waals surface area contributed by atoms with Crippen LogP contribution in [0.3, 0.4) is 0 Å². The molecule has 25 heavy (non-hydrogen) atoms. The highest BCUT2D eigenvalue weighted by Crippen LogP contribution is 2.42. The van der Waals surface area contributed by atoms with Gasteiger partial charge in [0.25, 0.3) is 0 Å². The van der Waals surface area contributed by atoms with Crippen LogP contribution < -0.4 is 5.32 Å². The van der Waals surface area contributed by atoms with Crippen molar-refractivity contribution in [2.45, 2.75) is 31.6 Å². The summed E-state index contributed by atoms with van der Waals surface area (Å²) in [6.45, 7) is 0. The summed E-state index contributed by atoms with van der Waals surface area (Å²) >= 11 is 1.43. The Balaban J connectivity index is 1.31. The molecule has 1 amide bonds. The number of benzene rings is 1. The van der Waals surface area contributed by atoms with E-state index in [1.54, 1.807) is 18.3 Å². The lowest BCUT2D eigenvalue weighted by atomic mass is 10.2. The first kappa shape index (κ1) is 15.9. The summed E-state index contributed by atoms with van der Waals surface area (Å²) in [5, 5.41) is 12.4. The van der Waals surface area contributed by atoms with Crippen LogP contribution in [0.5, 0.6) is 0 Å². The fourth-order valence-electron chi connectivity index (χ4n) is 2.36. The van der Waals surface area contributed by atoms with Crippen molar-refractivity contribution < 1.29 is 13.6 Å². The molecule has 0 atom stereocenters. The summed E-state index contributed by atoms with van der Waals surface area (Å²) in [6, 6.07) is 5.98. The van der Waals surface area contributed by atoms with E-state index < -0.39 is 0 Å². The second-order valence-corrected chi connectivity index (χ2v) is 6.90.